The van der Waals surface area contributed by atoms with E-state index in [1.165, 1.54) is 18.0 Å². The van der Waals surface area contributed by atoms with E-state index in [2.05, 4.69) is 29.9 Å². The molecule has 1 aromatic carbocycles. The SMILES string of the molecule is COc1ncc(C(O)Cc2c(Cl)cncc2Cl)c2cc(-c3ccccc3C(C)C)oc12. The molecule has 0 amide bonds. The molecule has 0 aliphatic carbocycles. The maximum Gasteiger partial charge on any atom is 0.258 e. The number of hydrogen-bond donors (Lipinski definition) is 1. The van der Waals surface area contributed by atoms with Crippen molar-refractivity contribution in [3.05, 3.63) is 75.7 Å². The number of aromatic nitrogens is 2. The number of aliphatic hydroxyl groups excluding tert-OH is 1. The van der Waals surface area contributed by atoms with E-state index in [0.717, 1.165) is 10.9 Å². The summed E-state index contributed by atoms with van der Waals surface area (Å²) in [5.41, 5.74) is 3.89. The highest BCUT2D eigenvalue weighted by Gasteiger charge is 2.22. The van der Waals surface area contributed by atoms with Crippen molar-refractivity contribution in [2.45, 2.75) is 32.3 Å². The zero-order valence-electron chi connectivity index (χ0n) is 17.4. The summed E-state index contributed by atoms with van der Waals surface area (Å²) in [7, 11) is 1.54. The maximum atomic E-state index is 11.0. The zero-order chi connectivity index (χ0) is 22.1. The van der Waals surface area contributed by atoms with E-state index >= 15 is 0 Å². The van der Waals surface area contributed by atoms with Gasteiger partial charge in [0.15, 0.2) is 5.58 Å². The van der Waals surface area contributed by atoms with E-state index in [4.69, 9.17) is 32.4 Å². The standard InChI is InChI=1S/C24H22Cl2N2O3/c1-13(2)14-6-4-5-7-15(14)22-9-16-18(10-28-24(30-3)23(16)31-22)21(29)8-17-19(25)11-27-12-20(17)26/h4-7,9-13,21,29H,8H2,1-3H3. The quantitative estimate of drug-likeness (QED) is 0.353. The molecule has 1 unspecified atom stereocenters. The third-order valence-corrected chi connectivity index (χ3v) is 5.96. The zero-order valence-corrected chi connectivity index (χ0v) is 18.9. The highest BCUT2D eigenvalue weighted by atomic mass is 35.5. The minimum Gasteiger partial charge on any atom is -0.478 e. The van der Waals surface area contributed by atoms with Crippen LogP contribution in [0.15, 0.2) is 53.3 Å². The number of furan rings is 1. The van der Waals surface area contributed by atoms with Crippen LogP contribution in [0.5, 0.6) is 5.88 Å². The Morgan fingerprint density at radius 1 is 1.06 bits per heavy atom. The fraction of sp³-hybridized carbons (Fsp3) is 0.250. The van der Waals surface area contributed by atoms with Crippen molar-refractivity contribution in [3.63, 3.8) is 0 Å². The Kier molecular flexibility index (Phi) is 6.19. The van der Waals surface area contributed by atoms with Crippen LogP contribution in [0.1, 0.15) is 42.6 Å². The van der Waals surface area contributed by atoms with Crippen LogP contribution in [0.3, 0.4) is 0 Å². The number of fused-ring (bicyclic) bond motifs is 1. The number of benzene rings is 1. The van der Waals surface area contributed by atoms with Crippen LogP contribution in [0.2, 0.25) is 10.0 Å². The number of hydrogen-bond acceptors (Lipinski definition) is 5. The van der Waals surface area contributed by atoms with Gasteiger partial charge in [-0.25, -0.2) is 4.98 Å². The van der Waals surface area contributed by atoms with Crippen LogP contribution >= 0.6 is 23.2 Å². The molecule has 3 aromatic heterocycles. The smallest absolute Gasteiger partial charge is 0.258 e. The molecule has 0 spiro atoms. The monoisotopic (exact) mass is 456 g/mol. The molecule has 1 atom stereocenters. The van der Waals surface area contributed by atoms with E-state index < -0.39 is 6.10 Å². The number of nitrogens with zero attached hydrogens (tertiary/aromatic N) is 2. The number of rotatable bonds is 6. The number of methoxy groups -OCH3 is 1. The summed E-state index contributed by atoms with van der Waals surface area (Å²) in [6.45, 7) is 4.28. The van der Waals surface area contributed by atoms with Gasteiger partial charge in [-0.15, -0.1) is 0 Å². The van der Waals surface area contributed by atoms with Crippen molar-refractivity contribution >= 4 is 34.2 Å². The van der Waals surface area contributed by atoms with Crippen LogP contribution in [-0.4, -0.2) is 22.2 Å². The molecule has 160 valence electrons. The van der Waals surface area contributed by atoms with Crippen molar-refractivity contribution in [1.29, 1.82) is 0 Å². The van der Waals surface area contributed by atoms with Gasteiger partial charge in [-0.3, -0.25) is 4.98 Å². The first-order chi connectivity index (χ1) is 14.9. The van der Waals surface area contributed by atoms with Gasteiger partial charge in [0, 0.05) is 41.5 Å². The fourth-order valence-corrected chi connectivity index (χ4v) is 4.24. The molecule has 0 bridgehead atoms. The number of halogens is 2. The van der Waals surface area contributed by atoms with Crippen molar-refractivity contribution < 1.29 is 14.3 Å². The van der Waals surface area contributed by atoms with Crippen molar-refractivity contribution in [3.8, 4) is 17.2 Å². The second-order valence-corrected chi connectivity index (χ2v) is 8.43. The first-order valence-electron chi connectivity index (χ1n) is 9.92. The Hall–Kier alpha value is -2.60. The maximum absolute atomic E-state index is 11.0. The predicted octanol–water partition coefficient (Wildman–Crippen LogP) is 6.60. The molecule has 0 aliphatic heterocycles. The first-order valence-corrected chi connectivity index (χ1v) is 10.7. The molecule has 0 saturated heterocycles. The summed E-state index contributed by atoms with van der Waals surface area (Å²) in [4.78, 5) is 8.31. The molecule has 1 N–H and O–H groups in total. The molecule has 4 rings (SSSR count). The number of pyridine rings is 2. The lowest BCUT2D eigenvalue weighted by Crippen LogP contribution is -2.05. The van der Waals surface area contributed by atoms with Crippen molar-refractivity contribution in [1.82, 2.24) is 9.97 Å². The first kappa shape index (κ1) is 21.6. The molecular weight excluding hydrogens is 435 g/mol. The minimum absolute atomic E-state index is 0.215. The van der Waals surface area contributed by atoms with Gasteiger partial charge in [0.05, 0.1) is 23.3 Å². The van der Waals surface area contributed by atoms with Crippen molar-refractivity contribution in [2.75, 3.05) is 7.11 Å². The lowest BCUT2D eigenvalue weighted by atomic mass is 9.95. The second-order valence-electron chi connectivity index (χ2n) is 7.62. The van der Waals surface area contributed by atoms with Crippen LogP contribution in [0, 0.1) is 0 Å². The number of aliphatic hydroxyl groups is 1. The minimum atomic E-state index is -0.899. The molecule has 0 aliphatic rings. The molecule has 4 aromatic rings. The Morgan fingerprint density at radius 3 is 2.45 bits per heavy atom. The van der Waals surface area contributed by atoms with Crippen LogP contribution < -0.4 is 4.74 Å². The summed E-state index contributed by atoms with van der Waals surface area (Å²) in [5.74, 6) is 1.38. The summed E-state index contributed by atoms with van der Waals surface area (Å²) >= 11 is 12.5. The van der Waals surface area contributed by atoms with Gasteiger partial charge >= 0.3 is 0 Å². The molecule has 0 saturated carbocycles. The Balaban J connectivity index is 1.83. The van der Waals surface area contributed by atoms with E-state index in [0.29, 0.717) is 44.3 Å². The Bertz CT molecular complexity index is 1220. The molecule has 0 radical (unpaired) electrons. The lowest BCUT2D eigenvalue weighted by molar-refractivity contribution is 0.179. The third kappa shape index (κ3) is 4.13. The average Bonchev–Trinajstić information content (AvgIpc) is 3.21. The second kappa shape index (κ2) is 8.87. The van der Waals surface area contributed by atoms with Gasteiger partial charge in [0.25, 0.3) is 5.88 Å². The van der Waals surface area contributed by atoms with Gasteiger partial charge in [-0.2, -0.15) is 0 Å². The average molecular weight is 457 g/mol. The fourth-order valence-electron chi connectivity index (χ4n) is 3.73. The largest absolute Gasteiger partial charge is 0.478 e. The molecule has 3 heterocycles. The van der Waals surface area contributed by atoms with Crippen LogP contribution in [0.25, 0.3) is 22.3 Å². The lowest BCUT2D eigenvalue weighted by Gasteiger charge is -2.14. The number of ether oxygens (including phenoxy) is 1. The summed E-state index contributed by atoms with van der Waals surface area (Å²) < 4.78 is 11.6. The van der Waals surface area contributed by atoms with Crippen LogP contribution in [-0.2, 0) is 6.42 Å². The summed E-state index contributed by atoms with van der Waals surface area (Å²) in [6, 6.07) is 10.0. The van der Waals surface area contributed by atoms with Crippen LogP contribution in [0.4, 0.5) is 0 Å². The van der Waals surface area contributed by atoms with E-state index in [9.17, 15) is 5.11 Å². The predicted molar refractivity (Wildman–Crippen MR) is 123 cm³/mol. The molecule has 31 heavy (non-hydrogen) atoms. The normalized spacial score (nSPS) is 12.5. The molecule has 0 fully saturated rings. The van der Waals surface area contributed by atoms with Gasteiger partial charge in [0.2, 0.25) is 0 Å². The molecule has 5 nitrogen and oxygen atoms in total. The van der Waals surface area contributed by atoms with Crippen molar-refractivity contribution in [2.24, 2.45) is 0 Å². The third-order valence-electron chi connectivity index (χ3n) is 5.31. The highest BCUT2D eigenvalue weighted by Crippen LogP contribution is 2.39. The topological polar surface area (TPSA) is 68.4 Å². The highest BCUT2D eigenvalue weighted by molar-refractivity contribution is 6.35. The molecule has 7 heteroatoms. The van der Waals surface area contributed by atoms with Gasteiger partial charge < -0.3 is 14.3 Å². The van der Waals surface area contributed by atoms with E-state index in [1.807, 2.05) is 24.3 Å². The molecular formula is C24H22Cl2N2O3. The Morgan fingerprint density at radius 2 is 1.77 bits per heavy atom. The van der Waals surface area contributed by atoms with Gasteiger partial charge in [0.1, 0.15) is 5.76 Å². The van der Waals surface area contributed by atoms with Gasteiger partial charge in [-0.1, -0.05) is 61.3 Å². The van der Waals surface area contributed by atoms with E-state index in [-0.39, 0.29) is 6.42 Å². The van der Waals surface area contributed by atoms with Gasteiger partial charge in [-0.05, 0) is 23.1 Å². The Labute approximate surface area is 190 Å². The summed E-state index contributed by atoms with van der Waals surface area (Å²) in [6.07, 6.45) is 3.94. The van der Waals surface area contributed by atoms with E-state index in [1.54, 1.807) is 13.3 Å². The summed E-state index contributed by atoms with van der Waals surface area (Å²) in [5, 5.41) is 12.6.